The summed E-state index contributed by atoms with van der Waals surface area (Å²) in [4.78, 5) is 24.0. The Morgan fingerprint density at radius 1 is 1.15 bits per heavy atom. The number of fused-ring (bicyclic) bond motifs is 1. The molecule has 0 radical (unpaired) electrons. The molecule has 0 atom stereocenters. The highest BCUT2D eigenvalue weighted by molar-refractivity contribution is 6.31. The zero-order valence-electron chi connectivity index (χ0n) is 15.6. The number of carboxylic acid groups (broad SMARTS) is 1. The summed E-state index contributed by atoms with van der Waals surface area (Å²) in [6.07, 6.45) is 0.743. The molecule has 27 heavy (non-hydrogen) atoms. The van der Waals surface area contributed by atoms with Gasteiger partial charge in [0, 0.05) is 23.9 Å². The van der Waals surface area contributed by atoms with Gasteiger partial charge in [0.2, 0.25) is 0 Å². The molecule has 2 aromatic carbocycles. The summed E-state index contributed by atoms with van der Waals surface area (Å²) >= 11 is 6.34. The monoisotopic (exact) mass is 383 g/mol. The molecule has 4 nitrogen and oxygen atoms in total. The third kappa shape index (κ3) is 3.76. The van der Waals surface area contributed by atoms with Crippen molar-refractivity contribution < 1.29 is 14.7 Å². The van der Waals surface area contributed by atoms with Gasteiger partial charge in [-0.05, 0) is 41.7 Å². The Morgan fingerprint density at radius 3 is 2.44 bits per heavy atom. The summed E-state index contributed by atoms with van der Waals surface area (Å²) < 4.78 is 1.91. The maximum absolute atomic E-state index is 12.6. The van der Waals surface area contributed by atoms with Crippen LogP contribution in [0.4, 0.5) is 0 Å². The minimum absolute atomic E-state index is 0.0363. The van der Waals surface area contributed by atoms with E-state index in [9.17, 15) is 14.7 Å². The van der Waals surface area contributed by atoms with E-state index in [2.05, 4.69) is 13.8 Å². The van der Waals surface area contributed by atoms with Gasteiger partial charge in [-0.25, -0.2) is 4.79 Å². The number of rotatable bonds is 6. The van der Waals surface area contributed by atoms with Crippen molar-refractivity contribution in [2.75, 3.05) is 0 Å². The molecule has 0 aliphatic rings. The average Bonchev–Trinajstić information content (AvgIpc) is 2.89. The van der Waals surface area contributed by atoms with Crippen molar-refractivity contribution in [3.63, 3.8) is 0 Å². The number of aromatic carboxylic acids is 1. The molecule has 3 aromatic rings. The number of carboxylic acids is 1. The van der Waals surface area contributed by atoms with Gasteiger partial charge in [-0.15, -0.1) is 0 Å². The van der Waals surface area contributed by atoms with Crippen molar-refractivity contribution in [2.24, 2.45) is 5.92 Å². The van der Waals surface area contributed by atoms with E-state index in [0.29, 0.717) is 23.2 Å². The Balaban J connectivity index is 2.31. The second-order valence-electron chi connectivity index (χ2n) is 7.20. The molecular weight excluding hydrogens is 362 g/mol. The lowest BCUT2D eigenvalue weighted by Gasteiger charge is -2.12. The maximum atomic E-state index is 12.6. The second kappa shape index (κ2) is 7.57. The Labute approximate surface area is 163 Å². The topological polar surface area (TPSA) is 59.3 Å². The Hall–Kier alpha value is -2.59. The van der Waals surface area contributed by atoms with Gasteiger partial charge >= 0.3 is 5.97 Å². The first-order valence-corrected chi connectivity index (χ1v) is 9.30. The molecule has 0 aliphatic carbocycles. The van der Waals surface area contributed by atoms with Crippen LogP contribution >= 0.6 is 11.6 Å². The van der Waals surface area contributed by atoms with E-state index in [1.165, 1.54) is 0 Å². The quantitative estimate of drug-likeness (QED) is 0.576. The zero-order chi connectivity index (χ0) is 19.7. The Kier molecular flexibility index (Phi) is 5.38. The van der Waals surface area contributed by atoms with E-state index >= 15 is 0 Å². The van der Waals surface area contributed by atoms with Gasteiger partial charge in [-0.1, -0.05) is 49.7 Å². The van der Waals surface area contributed by atoms with Gasteiger partial charge in [0.05, 0.1) is 16.8 Å². The predicted molar refractivity (Wildman–Crippen MR) is 108 cm³/mol. The van der Waals surface area contributed by atoms with Crippen LogP contribution in [-0.4, -0.2) is 21.4 Å². The van der Waals surface area contributed by atoms with Crippen LogP contribution in [0.15, 0.2) is 42.5 Å². The van der Waals surface area contributed by atoms with Crippen LogP contribution in [0.5, 0.6) is 0 Å². The first-order valence-electron chi connectivity index (χ1n) is 8.92. The highest BCUT2D eigenvalue weighted by Crippen LogP contribution is 2.31. The van der Waals surface area contributed by atoms with Crippen LogP contribution in [-0.2, 0) is 13.0 Å². The molecule has 140 valence electrons. The van der Waals surface area contributed by atoms with Crippen LogP contribution in [0.1, 0.15) is 52.7 Å². The van der Waals surface area contributed by atoms with Crippen LogP contribution in [0.25, 0.3) is 10.9 Å². The molecule has 0 saturated heterocycles. The van der Waals surface area contributed by atoms with E-state index < -0.39 is 5.97 Å². The summed E-state index contributed by atoms with van der Waals surface area (Å²) in [5.41, 5.74) is 3.43. The molecule has 0 fully saturated rings. The highest BCUT2D eigenvalue weighted by atomic mass is 35.5. The molecule has 0 unspecified atom stereocenters. The maximum Gasteiger partial charge on any atom is 0.335 e. The van der Waals surface area contributed by atoms with Crippen molar-refractivity contribution in [3.8, 4) is 0 Å². The molecule has 1 N–H and O–H groups in total. The lowest BCUT2D eigenvalue weighted by Crippen LogP contribution is -2.11. The van der Waals surface area contributed by atoms with Gasteiger partial charge in [0.15, 0.2) is 5.78 Å². The standard InChI is InChI=1S/C22H22ClNO3/c1-13(2)10-18-17-9-8-15(22(26)27)11-20(17)24(21(18)14(3)25)12-16-6-4-5-7-19(16)23/h4-9,11,13H,10,12H2,1-3H3,(H,26,27). The molecule has 0 saturated carbocycles. The molecule has 3 rings (SSSR count). The van der Waals surface area contributed by atoms with Gasteiger partial charge in [-0.2, -0.15) is 0 Å². The fraction of sp³-hybridized carbons (Fsp3) is 0.273. The third-order valence-electron chi connectivity index (χ3n) is 4.65. The molecule has 0 spiro atoms. The van der Waals surface area contributed by atoms with E-state index in [0.717, 1.165) is 28.5 Å². The third-order valence-corrected chi connectivity index (χ3v) is 5.02. The van der Waals surface area contributed by atoms with Gasteiger partial charge in [0.25, 0.3) is 0 Å². The number of carbonyl (C=O) groups is 2. The molecule has 0 amide bonds. The Morgan fingerprint density at radius 2 is 1.85 bits per heavy atom. The van der Waals surface area contributed by atoms with Crippen molar-refractivity contribution in [2.45, 2.75) is 33.7 Å². The number of hydrogen-bond donors (Lipinski definition) is 1. The summed E-state index contributed by atoms with van der Waals surface area (Å²) in [6, 6.07) is 12.5. The molecule has 5 heteroatoms. The lowest BCUT2D eigenvalue weighted by atomic mass is 9.98. The van der Waals surface area contributed by atoms with Crippen LogP contribution in [0.2, 0.25) is 5.02 Å². The minimum atomic E-state index is -0.989. The number of carbonyl (C=O) groups excluding carboxylic acids is 1. The van der Waals surface area contributed by atoms with Gasteiger partial charge < -0.3 is 9.67 Å². The first kappa shape index (κ1) is 19.2. The van der Waals surface area contributed by atoms with Gasteiger partial charge in [0.1, 0.15) is 0 Å². The second-order valence-corrected chi connectivity index (χ2v) is 7.60. The zero-order valence-corrected chi connectivity index (χ0v) is 16.4. The van der Waals surface area contributed by atoms with E-state index in [1.54, 1.807) is 19.1 Å². The molecular formula is C22H22ClNO3. The summed E-state index contributed by atoms with van der Waals surface area (Å²) in [5.74, 6) is -0.662. The normalized spacial score (nSPS) is 11.3. The molecule has 0 aliphatic heterocycles. The lowest BCUT2D eigenvalue weighted by molar-refractivity contribution is 0.0697. The van der Waals surface area contributed by atoms with Crippen molar-refractivity contribution in [3.05, 3.63) is 69.9 Å². The highest BCUT2D eigenvalue weighted by Gasteiger charge is 2.22. The summed E-state index contributed by atoms with van der Waals surface area (Å²) in [7, 11) is 0. The Bertz CT molecular complexity index is 1030. The van der Waals surface area contributed by atoms with Crippen molar-refractivity contribution >= 4 is 34.3 Å². The van der Waals surface area contributed by atoms with Crippen molar-refractivity contribution in [1.82, 2.24) is 4.57 Å². The molecule has 0 bridgehead atoms. The molecule has 1 heterocycles. The van der Waals surface area contributed by atoms with Crippen LogP contribution in [0.3, 0.4) is 0 Å². The number of ketones is 1. The predicted octanol–water partition coefficient (Wildman–Crippen LogP) is 5.44. The summed E-state index contributed by atoms with van der Waals surface area (Å²) in [6.45, 7) is 6.17. The summed E-state index contributed by atoms with van der Waals surface area (Å²) in [5, 5.41) is 10.9. The number of nitrogens with zero attached hydrogens (tertiary/aromatic N) is 1. The first-order chi connectivity index (χ1) is 12.8. The van der Waals surface area contributed by atoms with Gasteiger partial charge in [-0.3, -0.25) is 4.79 Å². The number of benzene rings is 2. The van der Waals surface area contributed by atoms with E-state index in [1.807, 2.05) is 34.9 Å². The fourth-order valence-electron chi connectivity index (χ4n) is 3.53. The number of aromatic nitrogens is 1. The van der Waals surface area contributed by atoms with E-state index in [-0.39, 0.29) is 11.3 Å². The fourth-order valence-corrected chi connectivity index (χ4v) is 3.73. The smallest absolute Gasteiger partial charge is 0.335 e. The number of hydrogen-bond acceptors (Lipinski definition) is 2. The van der Waals surface area contributed by atoms with Crippen LogP contribution < -0.4 is 0 Å². The van der Waals surface area contributed by atoms with E-state index in [4.69, 9.17) is 11.6 Å². The average molecular weight is 384 g/mol. The number of Topliss-reactive ketones (excluding diaryl/α,β-unsaturated/α-hetero) is 1. The molecule has 1 aromatic heterocycles. The SMILES string of the molecule is CC(=O)c1c(CC(C)C)c2ccc(C(=O)O)cc2n1Cc1ccccc1Cl. The van der Waals surface area contributed by atoms with Crippen molar-refractivity contribution in [1.29, 1.82) is 0 Å². The number of halogens is 1. The largest absolute Gasteiger partial charge is 0.478 e. The minimum Gasteiger partial charge on any atom is -0.478 e. The van der Waals surface area contributed by atoms with Crippen LogP contribution in [0, 0.1) is 5.92 Å².